The van der Waals surface area contributed by atoms with Gasteiger partial charge in [0.25, 0.3) is 5.56 Å². The summed E-state index contributed by atoms with van der Waals surface area (Å²) in [7, 11) is 0. The molecule has 3 aromatic rings. The third-order valence-electron chi connectivity index (χ3n) is 4.26. The number of aromatic nitrogens is 2. The van der Waals surface area contributed by atoms with Gasteiger partial charge in [0.2, 0.25) is 0 Å². The summed E-state index contributed by atoms with van der Waals surface area (Å²) in [6.45, 7) is 5.54. The summed E-state index contributed by atoms with van der Waals surface area (Å²) in [5, 5.41) is 1.85. The lowest BCUT2D eigenvalue weighted by Gasteiger charge is -2.07. The summed E-state index contributed by atoms with van der Waals surface area (Å²) < 4.78 is 6.69. The molecule has 0 spiro atoms. The average Bonchev–Trinajstić information content (AvgIpc) is 3.01. The van der Waals surface area contributed by atoms with Gasteiger partial charge in [-0.3, -0.25) is 18.8 Å². The number of thiazole rings is 1. The first-order valence-corrected chi connectivity index (χ1v) is 9.46. The van der Waals surface area contributed by atoms with E-state index in [-0.39, 0.29) is 30.8 Å². The first-order chi connectivity index (χ1) is 12.8. The van der Waals surface area contributed by atoms with E-state index in [9.17, 15) is 14.4 Å². The molecule has 7 heteroatoms. The van der Waals surface area contributed by atoms with Crippen molar-refractivity contribution < 1.29 is 14.3 Å². The largest absolute Gasteiger partial charge is 0.459 e. The molecule has 0 saturated carbocycles. The fourth-order valence-electron chi connectivity index (χ4n) is 2.79. The van der Waals surface area contributed by atoms with E-state index in [0.717, 1.165) is 16.8 Å². The van der Waals surface area contributed by atoms with Crippen LogP contribution in [0.2, 0.25) is 0 Å². The van der Waals surface area contributed by atoms with E-state index in [1.54, 1.807) is 0 Å². The van der Waals surface area contributed by atoms with Crippen LogP contribution < -0.4 is 5.56 Å². The van der Waals surface area contributed by atoms with Crippen molar-refractivity contribution >= 4 is 28.1 Å². The number of aryl methyl sites for hydroxylation is 3. The number of ketones is 1. The highest BCUT2D eigenvalue weighted by atomic mass is 32.1. The highest BCUT2D eigenvalue weighted by Crippen LogP contribution is 2.15. The Morgan fingerprint density at radius 3 is 2.70 bits per heavy atom. The van der Waals surface area contributed by atoms with Crippen molar-refractivity contribution in [3.63, 3.8) is 0 Å². The Labute approximate surface area is 160 Å². The zero-order valence-electron chi connectivity index (χ0n) is 15.4. The number of benzene rings is 1. The molecule has 0 atom stereocenters. The second kappa shape index (κ2) is 7.84. The topological polar surface area (TPSA) is 77.7 Å². The molecule has 0 aliphatic carbocycles. The summed E-state index contributed by atoms with van der Waals surface area (Å²) in [6.07, 6.45) is 0.0773. The molecule has 0 unspecified atom stereocenters. The second-order valence-electron chi connectivity index (χ2n) is 6.48. The van der Waals surface area contributed by atoms with E-state index in [2.05, 4.69) is 4.98 Å². The Morgan fingerprint density at radius 1 is 1.15 bits per heavy atom. The monoisotopic (exact) mass is 384 g/mol. The van der Waals surface area contributed by atoms with Crippen LogP contribution in [-0.2, 0) is 16.1 Å². The lowest BCUT2D eigenvalue weighted by Crippen LogP contribution is -2.16. The fraction of sp³-hybridized carbons (Fsp3) is 0.300. The number of hydrogen-bond donors (Lipinski definition) is 0. The molecule has 0 saturated heterocycles. The quantitative estimate of drug-likeness (QED) is 0.481. The molecule has 3 rings (SSSR count). The molecule has 0 radical (unpaired) electrons. The van der Waals surface area contributed by atoms with Gasteiger partial charge in [0.15, 0.2) is 10.7 Å². The number of carbonyl (C=O) groups is 2. The van der Waals surface area contributed by atoms with Crippen LogP contribution in [0, 0.1) is 20.8 Å². The van der Waals surface area contributed by atoms with E-state index in [4.69, 9.17) is 4.74 Å². The Kier molecular flexibility index (Phi) is 5.51. The zero-order valence-corrected chi connectivity index (χ0v) is 16.3. The maximum absolute atomic E-state index is 12.3. The van der Waals surface area contributed by atoms with Gasteiger partial charge in [-0.2, -0.15) is 0 Å². The summed E-state index contributed by atoms with van der Waals surface area (Å²) in [5.41, 5.74) is 3.55. The van der Waals surface area contributed by atoms with Gasteiger partial charge in [-0.1, -0.05) is 17.7 Å². The van der Waals surface area contributed by atoms with Gasteiger partial charge in [-0.25, -0.2) is 4.98 Å². The van der Waals surface area contributed by atoms with E-state index in [1.165, 1.54) is 21.8 Å². The number of rotatable bonds is 6. The van der Waals surface area contributed by atoms with Crippen LogP contribution in [-0.4, -0.2) is 21.1 Å². The number of esters is 1. The number of hydrogen-bond acceptors (Lipinski definition) is 6. The minimum Gasteiger partial charge on any atom is -0.459 e. The van der Waals surface area contributed by atoms with Crippen molar-refractivity contribution in [2.45, 2.75) is 40.2 Å². The summed E-state index contributed by atoms with van der Waals surface area (Å²) in [6, 6.07) is 7.04. The molecule has 6 nitrogen and oxygen atoms in total. The van der Waals surface area contributed by atoms with E-state index in [1.807, 2.05) is 44.4 Å². The predicted molar refractivity (Wildman–Crippen MR) is 103 cm³/mol. The Balaban J connectivity index is 1.58. The average molecular weight is 384 g/mol. The molecule has 0 N–H and O–H groups in total. The molecule has 0 amide bonds. The van der Waals surface area contributed by atoms with Crippen molar-refractivity contribution in [3.8, 4) is 0 Å². The first-order valence-electron chi connectivity index (χ1n) is 8.58. The third-order valence-corrected chi connectivity index (χ3v) is 5.20. The summed E-state index contributed by atoms with van der Waals surface area (Å²) in [4.78, 5) is 41.3. The van der Waals surface area contributed by atoms with Crippen molar-refractivity contribution in [3.05, 3.63) is 68.1 Å². The van der Waals surface area contributed by atoms with Crippen molar-refractivity contribution in [2.24, 2.45) is 0 Å². The van der Waals surface area contributed by atoms with Gasteiger partial charge in [-0.15, -0.1) is 11.3 Å². The minimum atomic E-state index is -0.488. The van der Waals surface area contributed by atoms with Gasteiger partial charge >= 0.3 is 5.97 Å². The molecule has 2 aromatic heterocycles. The van der Waals surface area contributed by atoms with Gasteiger partial charge in [0.1, 0.15) is 6.61 Å². The fourth-order valence-corrected chi connectivity index (χ4v) is 3.68. The lowest BCUT2D eigenvalue weighted by atomic mass is 9.99. The maximum atomic E-state index is 12.3. The van der Waals surface area contributed by atoms with Crippen LogP contribution in [0.1, 0.15) is 45.7 Å². The Hall–Kier alpha value is -2.80. The molecule has 2 heterocycles. The van der Waals surface area contributed by atoms with Gasteiger partial charge in [-0.05, 0) is 32.4 Å². The second-order valence-corrected chi connectivity index (χ2v) is 7.32. The SMILES string of the molecule is Cc1ccc(C)c(C(=O)CCC(=O)OCc2cc(=O)n3c(C)csc3n2)c1. The molecule has 140 valence electrons. The van der Waals surface area contributed by atoms with Crippen LogP contribution in [0.5, 0.6) is 0 Å². The Morgan fingerprint density at radius 2 is 1.93 bits per heavy atom. The highest BCUT2D eigenvalue weighted by molar-refractivity contribution is 7.15. The smallest absolute Gasteiger partial charge is 0.306 e. The van der Waals surface area contributed by atoms with E-state index >= 15 is 0 Å². The number of nitrogens with zero attached hydrogens (tertiary/aromatic N) is 2. The molecule has 0 aliphatic rings. The van der Waals surface area contributed by atoms with Crippen LogP contribution in [0.4, 0.5) is 0 Å². The Bertz CT molecular complexity index is 1080. The van der Waals surface area contributed by atoms with Gasteiger partial charge in [0.05, 0.1) is 12.1 Å². The van der Waals surface area contributed by atoms with E-state index < -0.39 is 5.97 Å². The molecular weight excluding hydrogens is 364 g/mol. The normalized spacial score (nSPS) is 10.9. The highest BCUT2D eigenvalue weighted by Gasteiger charge is 2.14. The number of carbonyl (C=O) groups excluding carboxylic acids is 2. The van der Waals surface area contributed by atoms with Gasteiger partial charge in [0, 0.05) is 29.1 Å². The van der Waals surface area contributed by atoms with Crippen molar-refractivity contribution in [1.82, 2.24) is 9.38 Å². The number of Topliss-reactive ketones (excluding diaryl/α,β-unsaturated/α-hetero) is 1. The van der Waals surface area contributed by atoms with Crippen LogP contribution in [0.3, 0.4) is 0 Å². The molecule has 1 aromatic carbocycles. The maximum Gasteiger partial charge on any atom is 0.306 e. The molecule has 0 aliphatic heterocycles. The predicted octanol–water partition coefficient (Wildman–Crippen LogP) is 3.39. The molecular formula is C20H20N2O4S. The summed E-state index contributed by atoms with van der Waals surface area (Å²) >= 11 is 1.36. The lowest BCUT2D eigenvalue weighted by molar-refractivity contribution is -0.145. The van der Waals surface area contributed by atoms with Crippen molar-refractivity contribution in [2.75, 3.05) is 0 Å². The van der Waals surface area contributed by atoms with E-state index in [0.29, 0.717) is 16.2 Å². The minimum absolute atomic E-state index is 0.00838. The number of fused-ring (bicyclic) bond motifs is 1. The first kappa shape index (κ1) is 19.0. The third kappa shape index (κ3) is 4.31. The van der Waals surface area contributed by atoms with Gasteiger partial charge < -0.3 is 4.74 Å². The van der Waals surface area contributed by atoms with Crippen molar-refractivity contribution in [1.29, 1.82) is 0 Å². The zero-order chi connectivity index (χ0) is 19.6. The van der Waals surface area contributed by atoms with Crippen LogP contribution in [0.15, 0.2) is 34.4 Å². The molecule has 27 heavy (non-hydrogen) atoms. The molecule has 0 fully saturated rings. The number of ether oxygens (including phenoxy) is 1. The summed E-state index contributed by atoms with van der Waals surface area (Å²) in [5.74, 6) is -0.571. The van der Waals surface area contributed by atoms with Crippen LogP contribution in [0.25, 0.3) is 4.96 Å². The van der Waals surface area contributed by atoms with Crippen LogP contribution >= 0.6 is 11.3 Å². The standard InChI is InChI=1S/C20H20N2O4S/c1-12-4-5-13(2)16(8-12)17(23)6-7-19(25)26-10-15-9-18(24)22-14(3)11-27-20(22)21-15/h4-5,8-9,11H,6-7,10H2,1-3H3. The molecule has 0 bridgehead atoms.